The molecule has 1 heterocycles. The maximum absolute atomic E-state index is 12.0. The lowest BCUT2D eigenvalue weighted by Gasteiger charge is -2.17. The zero-order valence-corrected chi connectivity index (χ0v) is 13.1. The van der Waals surface area contributed by atoms with Crippen LogP contribution in [0.2, 0.25) is 0 Å². The van der Waals surface area contributed by atoms with Gasteiger partial charge in [-0.3, -0.25) is 4.79 Å². The zero-order chi connectivity index (χ0) is 14.1. The number of carbonyl (C=O) groups excluding carboxylic acids is 1. The van der Waals surface area contributed by atoms with Crippen molar-refractivity contribution in [3.8, 4) is 5.75 Å². The molecule has 1 unspecified atom stereocenters. The maximum Gasteiger partial charge on any atom is 0.263 e. The molecule has 1 aromatic carbocycles. The molecule has 1 N–H and O–H groups in total. The SMILES string of the molecule is CN1CCC(Oc2c(Br)cccc2CNC2CC2)C1=O. The van der Waals surface area contributed by atoms with E-state index in [1.54, 1.807) is 4.90 Å². The third-order valence-corrected chi connectivity index (χ3v) is 4.47. The summed E-state index contributed by atoms with van der Waals surface area (Å²) in [4.78, 5) is 13.7. The molecule has 0 bridgehead atoms. The van der Waals surface area contributed by atoms with Crippen LogP contribution in [0.1, 0.15) is 24.8 Å². The Kier molecular flexibility index (Phi) is 3.98. The van der Waals surface area contributed by atoms with E-state index in [4.69, 9.17) is 4.74 Å². The van der Waals surface area contributed by atoms with Crippen LogP contribution in [0.3, 0.4) is 0 Å². The summed E-state index contributed by atoms with van der Waals surface area (Å²) in [5, 5.41) is 3.49. The minimum atomic E-state index is -0.349. The Balaban J connectivity index is 1.74. The molecule has 0 aromatic heterocycles. The number of rotatable bonds is 5. The van der Waals surface area contributed by atoms with Crippen molar-refractivity contribution in [1.29, 1.82) is 0 Å². The van der Waals surface area contributed by atoms with Crippen molar-refractivity contribution in [3.63, 3.8) is 0 Å². The lowest BCUT2D eigenvalue weighted by atomic mass is 10.2. The average molecular weight is 339 g/mol. The van der Waals surface area contributed by atoms with E-state index in [1.807, 2.05) is 19.2 Å². The van der Waals surface area contributed by atoms with Gasteiger partial charge in [0, 0.05) is 38.2 Å². The van der Waals surface area contributed by atoms with Gasteiger partial charge in [-0.2, -0.15) is 0 Å². The van der Waals surface area contributed by atoms with Crippen molar-refractivity contribution in [1.82, 2.24) is 10.2 Å². The van der Waals surface area contributed by atoms with E-state index in [9.17, 15) is 4.79 Å². The quantitative estimate of drug-likeness (QED) is 0.895. The van der Waals surface area contributed by atoms with Crippen LogP contribution in [0.15, 0.2) is 22.7 Å². The Hall–Kier alpha value is -1.07. The van der Waals surface area contributed by atoms with Crippen LogP contribution < -0.4 is 10.1 Å². The molecular formula is C15H19BrN2O2. The second-order valence-corrected chi connectivity index (χ2v) is 6.39. The van der Waals surface area contributed by atoms with Gasteiger partial charge in [-0.1, -0.05) is 12.1 Å². The molecule has 2 fully saturated rings. The number of carbonyl (C=O) groups is 1. The Morgan fingerprint density at radius 1 is 1.40 bits per heavy atom. The first-order valence-corrected chi connectivity index (χ1v) is 7.87. The lowest BCUT2D eigenvalue weighted by molar-refractivity contribution is -0.132. The third kappa shape index (κ3) is 2.99. The largest absolute Gasteiger partial charge is 0.479 e. The van der Waals surface area contributed by atoms with Crippen LogP contribution in [0.25, 0.3) is 0 Å². The Labute approximate surface area is 127 Å². The molecular weight excluding hydrogens is 320 g/mol. The fourth-order valence-corrected chi connectivity index (χ4v) is 2.91. The Bertz CT molecular complexity index is 517. The third-order valence-electron chi connectivity index (χ3n) is 3.85. The topological polar surface area (TPSA) is 41.6 Å². The second-order valence-electron chi connectivity index (χ2n) is 5.54. The molecule has 4 nitrogen and oxygen atoms in total. The van der Waals surface area contributed by atoms with Crippen LogP contribution >= 0.6 is 15.9 Å². The molecule has 0 radical (unpaired) electrons. The van der Waals surface area contributed by atoms with E-state index in [0.717, 1.165) is 35.3 Å². The molecule has 1 atom stereocenters. The van der Waals surface area contributed by atoms with Crippen LogP contribution in [0.4, 0.5) is 0 Å². The summed E-state index contributed by atoms with van der Waals surface area (Å²) >= 11 is 3.53. The lowest BCUT2D eigenvalue weighted by Crippen LogP contribution is -2.30. The second kappa shape index (κ2) is 5.74. The monoisotopic (exact) mass is 338 g/mol. The first kappa shape index (κ1) is 13.9. The molecule has 0 spiro atoms. The number of nitrogens with one attached hydrogen (secondary N) is 1. The summed E-state index contributed by atoms with van der Waals surface area (Å²) < 4.78 is 6.91. The number of likely N-dealkylation sites (tertiary alicyclic amines) is 1. The van der Waals surface area contributed by atoms with Gasteiger partial charge in [0.25, 0.3) is 5.91 Å². The molecule has 1 aliphatic carbocycles. The van der Waals surface area contributed by atoms with Gasteiger partial charge >= 0.3 is 0 Å². The predicted octanol–water partition coefficient (Wildman–Crippen LogP) is 2.31. The predicted molar refractivity (Wildman–Crippen MR) is 80.7 cm³/mol. The molecule has 5 heteroatoms. The number of amides is 1. The van der Waals surface area contributed by atoms with Crippen molar-refractivity contribution in [2.45, 2.75) is 38.0 Å². The number of hydrogen-bond donors (Lipinski definition) is 1. The molecule has 1 saturated heterocycles. The van der Waals surface area contributed by atoms with Gasteiger partial charge in [0.1, 0.15) is 5.75 Å². The van der Waals surface area contributed by atoms with E-state index >= 15 is 0 Å². The fourth-order valence-electron chi connectivity index (χ4n) is 2.41. The number of para-hydroxylation sites is 1. The summed E-state index contributed by atoms with van der Waals surface area (Å²) in [5.74, 6) is 0.871. The van der Waals surface area contributed by atoms with E-state index in [1.165, 1.54) is 12.8 Å². The van der Waals surface area contributed by atoms with E-state index in [-0.39, 0.29) is 12.0 Å². The van der Waals surface area contributed by atoms with E-state index in [2.05, 4.69) is 27.3 Å². The highest BCUT2D eigenvalue weighted by Gasteiger charge is 2.32. The standard InChI is InChI=1S/C15H19BrN2O2/c1-18-8-7-13(15(18)19)20-14-10(3-2-4-12(14)16)9-17-11-5-6-11/h2-4,11,13,17H,5-9H2,1H3. The molecule has 3 rings (SSSR count). The smallest absolute Gasteiger partial charge is 0.263 e. The first-order valence-electron chi connectivity index (χ1n) is 7.07. The summed E-state index contributed by atoms with van der Waals surface area (Å²) in [7, 11) is 1.82. The number of benzene rings is 1. The van der Waals surface area contributed by atoms with Crippen molar-refractivity contribution < 1.29 is 9.53 Å². The van der Waals surface area contributed by atoms with Crippen molar-refractivity contribution >= 4 is 21.8 Å². The minimum absolute atomic E-state index is 0.0712. The number of ether oxygens (including phenoxy) is 1. The van der Waals surface area contributed by atoms with Crippen molar-refractivity contribution in [2.75, 3.05) is 13.6 Å². The van der Waals surface area contributed by atoms with Crippen LogP contribution in [0.5, 0.6) is 5.75 Å². The van der Waals surface area contributed by atoms with Gasteiger partial charge in [-0.15, -0.1) is 0 Å². The van der Waals surface area contributed by atoms with Gasteiger partial charge in [0.05, 0.1) is 4.47 Å². The van der Waals surface area contributed by atoms with Gasteiger partial charge in [0.15, 0.2) is 6.10 Å². The number of hydrogen-bond acceptors (Lipinski definition) is 3. The highest BCUT2D eigenvalue weighted by molar-refractivity contribution is 9.10. The molecule has 1 amide bonds. The van der Waals surface area contributed by atoms with E-state index < -0.39 is 0 Å². The number of likely N-dealkylation sites (N-methyl/N-ethyl adjacent to an activating group) is 1. The summed E-state index contributed by atoms with van der Waals surface area (Å²) in [6, 6.07) is 6.67. The Morgan fingerprint density at radius 2 is 2.20 bits per heavy atom. The summed E-state index contributed by atoms with van der Waals surface area (Å²) in [6.45, 7) is 1.56. The highest BCUT2D eigenvalue weighted by Crippen LogP contribution is 2.32. The molecule has 2 aliphatic rings. The fraction of sp³-hybridized carbons (Fsp3) is 0.533. The average Bonchev–Trinajstić information content (AvgIpc) is 3.21. The normalized spacial score (nSPS) is 22.4. The van der Waals surface area contributed by atoms with Gasteiger partial charge in [0.2, 0.25) is 0 Å². The first-order chi connectivity index (χ1) is 9.65. The number of halogens is 1. The molecule has 20 heavy (non-hydrogen) atoms. The molecule has 1 saturated carbocycles. The highest BCUT2D eigenvalue weighted by atomic mass is 79.9. The van der Waals surface area contributed by atoms with Gasteiger partial charge in [-0.05, 0) is 34.8 Å². The summed E-state index contributed by atoms with van der Waals surface area (Å²) in [5.41, 5.74) is 1.11. The molecule has 1 aliphatic heterocycles. The van der Waals surface area contributed by atoms with Crippen molar-refractivity contribution in [2.24, 2.45) is 0 Å². The van der Waals surface area contributed by atoms with Crippen LogP contribution in [-0.4, -0.2) is 36.5 Å². The van der Waals surface area contributed by atoms with Crippen LogP contribution in [-0.2, 0) is 11.3 Å². The minimum Gasteiger partial charge on any atom is -0.479 e. The van der Waals surface area contributed by atoms with Crippen LogP contribution in [0, 0.1) is 0 Å². The summed E-state index contributed by atoms with van der Waals surface area (Å²) in [6.07, 6.45) is 2.93. The van der Waals surface area contributed by atoms with Gasteiger partial charge in [-0.25, -0.2) is 0 Å². The van der Waals surface area contributed by atoms with Gasteiger partial charge < -0.3 is 15.0 Å². The zero-order valence-electron chi connectivity index (χ0n) is 11.6. The maximum atomic E-state index is 12.0. The molecule has 1 aromatic rings. The number of nitrogens with zero attached hydrogens (tertiary/aromatic N) is 1. The molecule has 108 valence electrons. The Morgan fingerprint density at radius 3 is 2.85 bits per heavy atom. The van der Waals surface area contributed by atoms with E-state index in [0.29, 0.717) is 6.04 Å². The van der Waals surface area contributed by atoms with Crippen molar-refractivity contribution in [3.05, 3.63) is 28.2 Å².